The fourth-order valence-electron chi connectivity index (χ4n) is 3.56. The molecule has 0 bridgehead atoms. The summed E-state index contributed by atoms with van der Waals surface area (Å²) in [5.41, 5.74) is -0.459. The van der Waals surface area contributed by atoms with Crippen molar-refractivity contribution in [3.05, 3.63) is 0 Å². The third-order valence-corrected chi connectivity index (χ3v) is 4.56. The third-order valence-electron chi connectivity index (χ3n) is 4.56. The van der Waals surface area contributed by atoms with E-state index in [1.807, 2.05) is 27.8 Å². The summed E-state index contributed by atoms with van der Waals surface area (Å²) in [6.45, 7) is 8.98. The summed E-state index contributed by atoms with van der Waals surface area (Å²) in [6, 6.07) is 0. The smallest absolute Gasteiger partial charge is 0.407 e. The SMILES string of the molecule is CN=C(NCCNC(=O)OC(C)(C)C)N1CC2CCCCC2C1. The van der Waals surface area contributed by atoms with E-state index in [0.29, 0.717) is 13.1 Å². The molecule has 1 aliphatic carbocycles. The number of guanidine groups is 1. The Hall–Kier alpha value is -1.46. The fourth-order valence-corrected chi connectivity index (χ4v) is 3.56. The maximum atomic E-state index is 11.6. The minimum Gasteiger partial charge on any atom is -0.444 e. The van der Waals surface area contributed by atoms with Gasteiger partial charge in [0.05, 0.1) is 0 Å². The summed E-state index contributed by atoms with van der Waals surface area (Å²) in [5.74, 6) is 2.62. The standard InChI is InChI=1S/C17H32N4O2/c1-17(2,3)23-16(22)20-10-9-19-15(18-4)21-11-13-7-5-6-8-14(13)12-21/h13-14H,5-12H2,1-4H3,(H,18,19)(H,20,22). The van der Waals surface area contributed by atoms with Crippen LogP contribution in [0.5, 0.6) is 0 Å². The molecule has 1 saturated heterocycles. The molecule has 2 aliphatic rings. The van der Waals surface area contributed by atoms with E-state index in [0.717, 1.165) is 30.9 Å². The Morgan fingerprint density at radius 1 is 1.13 bits per heavy atom. The minimum absolute atomic E-state index is 0.374. The van der Waals surface area contributed by atoms with Crippen molar-refractivity contribution >= 4 is 12.1 Å². The van der Waals surface area contributed by atoms with Crippen LogP contribution in [0.2, 0.25) is 0 Å². The first-order valence-corrected chi connectivity index (χ1v) is 8.81. The monoisotopic (exact) mass is 324 g/mol. The molecule has 1 heterocycles. The quantitative estimate of drug-likeness (QED) is 0.474. The lowest BCUT2D eigenvalue weighted by atomic mass is 9.82. The minimum atomic E-state index is -0.459. The van der Waals surface area contributed by atoms with Crippen LogP contribution in [0, 0.1) is 11.8 Å². The average molecular weight is 324 g/mol. The molecule has 2 atom stereocenters. The van der Waals surface area contributed by atoms with Gasteiger partial charge in [-0.05, 0) is 45.4 Å². The Balaban J connectivity index is 1.69. The molecule has 0 spiro atoms. The topological polar surface area (TPSA) is 66.0 Å². The van der Waals surface area contributed by atoms with Crippen LogP contribution >= 0.6 is 0 Å². The van der Waals surface area contributed by atoms with Crippen LogP contribution in [0.25, 0.3) is 0 Å². The molecular weight excluding hydrogens is 292 g/mol. The summed E-state index contributed by atoms with van der Waals surface area (Å²) in [5, 5.41) is 6.11. The summed E-state index contributed by atoms with van der Waals surface area (Å²) in [7, 11) is 1.83. The molecule has 0 aromatic carbocycles. The van der Waals surface area contributed by atoms with Gasteiger partial charge in [-0.15, -0.1) is 0 Å². The maximum Gasteiger partial charge on any atom is 0.407 e. The summed E-state index contributed by atoms with van der Waals surface area (Å²) in [4.78, 5) is 18.4. The second kappa shape index (κ2) is 7.88. The summed E-state index contributed by atoms with van der Waals surface area (Å²) >= 11 is 0. The molecule has 0 aromatic rings. The Morgan fingerprint density at radius 2 is 1.70 bits per heavy atom. The van der Waals surface area contributed by atoms with Crippen LogP contribution in [0.15, 0.2) is 4.99 Å². The second-order valence-electron chi connectivity index (χ2n) is 7.61. The highest BCUT2D eigenvalue weighted by Gasteiger charge is 2.35. The molecule has 1 aliphatic heterocycles. The molecule has 2 fully saturated rings. The molecule has 0 radical (unpaired) electrons. The molecule has 2 N–H and O–H groups in total. The number of nitrogens with one attached hydrogen (secondary N) is 2. The van der Waals surface area contributed by atoms with Gasteiger partial charge in [-0.1, -0.05) is 12.8 Å². The zero-order chi connectivity index (χ0) is 16.9. The Morgan fingerprint density at radius 3 is 2.22 bits per heavy atom. The van der Waals surface area contributed by atoms with Crippen molar-refractivity contribution in [1.29, 1.82) is 0 Å². The number of carbonyl (C=O) groups excluding carboxylic acids is 1. The van der Waals surface area contributed by atoms with Gasteiger partial charge >= 0.3 is 6.09 Å². The zero-order valence-corrected chi connectivity index (χ0v) is 15.0. The number of carbonyl (C=O) groups is 1. The number of aliphatic imine (C=N–C) groups is 1. The van der Waals surface area contributed by atoms with Gasteiger partial charge in [0, 0.05) is 33.2 Å². The Labute approximate surface area is 140 Å². The summed E-state index contributed by atoms with van der Waals surface area (Å²) < 4.78 is 5.22. The molecule has 6 nitrogen and oxygen atoms in total. The number of alkyl carbamates (subject to hydrolysis) is 1. The van der Waals surface area contributed by atoms with E-state index in [2.05, 4.69) is 20.5 Å². The molecule has 23 heavy (non-hydrogen) atoms. The maximum absolute atomic E-state index is 11.6. The van der Waals surface area contributed by atoms with Gasteiger partial charge in [0.25, 0.3) is 0 Å². The van der Waals surface area contributed by atoms with Crippen molar-refractivity contribution in [3.8, 4) is 0 Å². The number of amides is 1. The largest absolute Gasteiger partial charge is 0.444 e. The first-order chi connectivity index (χ1) is 10.9. The van der Waals surface area contributed by atoms with Crippen LogP contribution in [-0.4, -0.2) is 55.8 Å². The van der Waals surface area contributed by atoms with Gasteiger partial charge in [0.2, 0.25) is 0 Å². The number of nitrogens with zero attached hydrogens (tertiary/aromatic N) is 2. The van der Waals surface area contributed by atoms with Crippen LogP contribution < -0.4 is 10.6 Å². The van der Waals surface area contributed by atoms with E-state index in [9.17, 15) is 4.79 Å². The number of ether oxygens (including phenoxy) is 1. The number of likely N-dealkylation sites (tertiary alicyclic amines) is 1. The molecular formula is C17H32N4O2. The average Bonchev–Trinajstić information content (AvgIpc) is 2.89. The van der Waals surface area contributed by atoms with E-state index < -0.39 is 5.60 Å². The Kier molecular flexibility index (Phi) is 6.13. The molecule has 0 aromatic heterocycles. The normalized spacial score (nSPS) is 25.0. The highest BCUT2D eigenvalue weighted by atomic mass is 16.6. The van der Waals surface area contributed by atoms with Gasteiger partial charge in [-0.2, -0.15) is 0 Å². The molecule has 6 heteroatoms. The van der Waals surface area contributed by atoms with E-state index in [1.165, 1.54) is 25.7 Å². The molecule has 1 amide bonds. The van der Waals surface area contributed by atoms with E-state index in [-0.39, 0.29) is 6.09 Å². The van der Waals surface area contributed by atoms with Crippen molar-refractivity contribution in [1.82, 2.24) is 15.5 Å². The first-order valence-electron chi connectivity index (χ1n) is 8.81. The highest BCUT2D eigenvalue weighted by molar-refractivity contribution is 5.80. The van der Waals surface area contributed by atoms with E-state index in [1.54, 1.807) is 0 Å². The summed E-state index contributed by atoms with van der Waals surface area (Å²) in [6.07, 6.45) is 5.10. The van der Waals surface area contributed by atoms with Gasteiger partial charge in [0.15, 0.2) is 5.96 Å². The molecule has 132 valence electrons. The lowest BCUT2D eigenvalue weighted by molar-refractivity contribution is 0.0529. The number of rotatable bonds is 3. The zero-order valence-electron chi connectivity index (χ0n) is 15.0. The van der Waals surface area contributed by atoms with E-state index in [4.69, 9.17) is 4.74 Å². The first kappa shape index (κ1) is 17.9. The predicted molar refractivity (Wildman–Crippen MR) is 92.6 cm³/mol. The lowest BCUT2D eigenvalue weighted by Gasteiger charge is -2.22. The number of fused-ring (bicyclic) bond motifs is 1. The van der Waals surface area contributed by atoms with Gasteiger partial charge < -0.3 is 20.3 Å². The third kappa shape index (κ3) is 5.59. The number of hydrogen-bond donors (Lipinski definition) is 2. The molecule has 2 unspecified atom stereocenters. The number of hydrogen-bond acceptors (Lipinski definition) is 3. The van der Waals surface area contributed by atoms with Crippen molar-refractivity contribution < 1.29 is 9.53 Å². The van der Waals surface area contributed by atoms with Crippen molar-refractivity contribution in [2.75, 3.05) is 33.2 Å². The second-order valence-corrected chi connectivity index (χ2v) is 7.61. The van der Waals surface area contributed by atoms with Crippen LogP contribution in [-0.2, 0) is 4.74 Å². The van der Waals surface area contributed by atoms with Crippen molar-refractivity contribution in [3.63, 3.8) is 0 Å². The van der Waals surface area contributed by atoms with Crippen LogP contribution in [0.3, 0.4) is 0 Å². The predicted octanol–water partition coefficient (Wildman–Crippen LogP) is 2.21. The van der Waals surface area contributed by atoms with E-state index >= 15 is 0 Å². The van der Waals surface area contributed by atoms with Crippen LogP contribution in [0.4, 0.5) is 4.79 Å². The van der Waals surface area contributed by atoms with Gasteiger partial charge in [-0.3, -0.25) is 4.99 Å². The Bertz CT molecular complexity index is 417. The lowest BCUT2D eigenvalue weighted by Crippen LogP contribution is -2.44. The van der Waals surface area contributed by atoms with Gasteiger partial charge in [-0.25, -0.2) is 4.79 Å². The van der Waals surface area contributed by atoms with Crippen molar-refractivity contribution in [2.45, 2.75) is 52.1 Å². The fraction of sp³-hybridized carbons (Fsp3) is 0.882. The van der Waals surface area contributed by atoms with Crippen molar-refractivity contribution in [2.24, 2.45) is 16.8 Å². The van der Waals surface area contributed by atoms with Gasteiger partial charge in [0.1, 0.15) is 5.60 Å². The van der Waals surface area contributed by atoms with Crippen LogP contribution in [0.1, 0.15) is 46.5 Å². The highest BCUT2D eigenvalue weighted by Crippen LogP contribution is 2.35. The molecule has 2 rings (SSSR count). The molecule has 1 saturated carbocycles.